The van der Waals surface area contributed by atoms with Gasteiger partial charge in [-0.2, -0.15) is 8.78 Å². The molecule has 2 N–H and O–H groups in total. The van der Waals surface area contributed by atoms with E-state index in [1.807, 2.05) is 12.1 Å². The third-order valence-corrected chi connectivity index (χ3v) is 3.35. The fourth-order valence-electron chi connectivity index (χ4n) is 2.43. The highest BCUT2D eigenvalue weighted by Crippen LogP contribution is 2.34. The summed E-state index contributed by atoms with van der Waals surface area (Å²) in [6.07, 6.45) is 0.724. The number of aliphatic hydroxyl groups is 1. The molecule has 2 aromatic carbocycles. The van der Waals surface area contributed by atoms with Crippen LogP contribution < -0.4 is 4.74 Å². The van der Waals surface area contributed by atoms with Crippen molar-refractivity contribution in [3.63, 3.8) is 0 Å². The highest BCUT2D eigenvalue weighted by atomic mass is 19.3. The number of nitrogens with one attached hydrogen (secondary N) is 1. The van der Waals surface area contributed by atoms with Crippen LogP contribution in [0, 0.1) is 0 Å². The first kappa shape index (κ1) is 13.6. The van der Waals surface area contributed by atoms with Crippen LogP contribution in [0.2, 0.25) is 0 Å². The summed E-state index contributed by atoms with van der Waals surface area (Å²) in [7, 11) is 0. The van der Waals surface area contributed by atoms with E-state index in [9.17, 15) is 13.9 Å². The fraction of sp³-hybridized carbons (Fsp3) is 0.125. The van der Waals surface area contributed by atoms with Gasteiger partial charge in [0.25, 0.3) is 0 Å². The van der Waals surface area contributed by atoms with Crippen molar-refractivity contribution in [2.24, 2.45) is 0 Å². The summed E-state index contributed by atoms with van der Waals surface area (Å²) in [6, 6.07) is 13.5. The maximum Gasteiger partial charge on any atom is 0.387 e. The Balaban J connectivity index is 2.06. The lowest BCUT2D eigenvalue weighted by atomic mass is 9.98. The Hall–Kier alpha value is -2.40. The third kappa shape index (κ3) is 2.60. The number of hydrogen-bond acceptors (Lipinski definition) is 2. The summed E-state index contributed by atoms with van der Waals surface area (Å²) in [6.45, 7) is -2.93. The van der Waals surface area contributed by atoms with Crippen molar-refractivity contribution in [3.8, 4) is 5.75 Å². The standard InChI is InChI=1S/C16H13F2NO2/c17-16(18)21-14-7-2-1-4-12(14)15(20)11-5-3-6-13-10(11)8-9-19-13/h1-9,15-16,19-20H. The number of aromatic amines is 1. The van der Waals surface area contributed by atoms with Crippen LogP contribution in [0.1, 0.15) is 17.2 Å². The summed E-state index contributed by atoms with van der Waals surface area (Å²) in [4.78, 5) is 3.05. The van der Waals surface area contributed by atoms with Crippen molar-refractivity contribution in [2.75, 3.05) is 0 Å². The number of hydrogen-bond donors (Lipinski definition) is 2. The van der Waals surface area contributed by atoms with Crippen LogP contribution in [-0.4, -0.2) is 16.7 Å². The van der Waals surface area contributed by atoms with Crippen molar-refractivity contribution < 1.29 is 18.6 Å². The number of ether oxygens (including phenoxy) is 1. The number of para-hydroxylation sites is 1. The molecule has 1 aromatic heterocycles. The minimum atomic E-state index is -2.93. The first-order chi connectivity index (χ1) is 10.2. The van der Waals surface area contributed by atoms with E-state index >= 15 is 0 Å². The normalized spacial score (nSPS) is 12.8. The number of aliphatic hydroxyl groups excluding tert-OH is 1. The lowest BCUT2D eigenvalue weighted by molar-refractivity contribution is -0.0512. The molecule has 0 amide bonds. The molecule has 1 unspecified atom stereocenters. The Morgan fingerprint density at radius 3 is 2.52 bits per heavy atom. The van der Waals surface area contributed by atoms with Crippen LogP contribution in [0.3, 0.4) is 0 Å². The molecule has 0 aliphatic heterocycles. The lowest BCUT2D eigenvalue weighted by Gasteiger charge is -2.17. The van der Waals surface area contributed by atoms with Gasteiger partial charge in [-0.15, -0.1) is 0 Å². The molecule has 3 aromatic rings. The predicted octanol–water partition coefficient (Wildman–Crippen LogP) is 3.85. The molecular weight excluding hydrogens is 276 g/mol. The van der Waals surface area contributed by atoms with Crippen LogP contribution in [-0.2, 0) is 0 Å². The van der Waals surface area contributed by atoms with Crippen LogP contribution in [0.25, 0.3) is 10.9 Å². The molecule has 0 aliphatic carbocycles. The van der Waals surface area contributed by atoms with E-state index in [0.29, 0.717) is 11.1 Å². The third-order valence-electron chi connectivity index (χ3n) is 3.35. The van der Waals surface area contributed by atoms with Gasteiger partial charge in [0.15, 0.2) is 0 Å². The Morgan fingerprint density at radius 1 is 0.952 bits per heavy atom. The molecule has 1 heterocycles. The Bertz CT molecular complexity index is 755. The van der Waals surface area contributed by atoms with Crippen LogP contribution >= 0.6 is 0 Å². The average molecular weight is 289 g/mol. The average Bonchev–Trinajstić information content (AvgIpc) is 2.95. The second-order valence-corrected chi connectivity index (χ2v) is 4.61. The summed E-state index contributed by atoms with van der Waals surface area (Å²) in [5.74, 6) is -0.0208. The van der Waals surface area contributed by atoms with Crippen molar-refractivity contribution >= 4 is 10.9 Å². The SMILES string of the molecule is OC(c1ccccc1OC(F)F)c1cccc2[nH]ccc12. The first-order valence-corrected chi connectivity index (χ1v) is 6.44. The molecule has 0 saturated heterocycles. The van der Waals surface area contributed by atoms with Crippen molar-refractivity contribution in [3.05, 3.63) is 65.9 Å². The fourth-order valence-corrected chi connectivity index (χ4v) is 2.43. The summed E-state index contributed by atoms with van der Waals surface area (Å²) in [5.41, 5.74) is 1.82. The molecular formula is C16H13F2NO2. The predicted molar refractivity (Wildman–Crippen MR) is 75.4 cm³/mol. The van der Waals surface area contributed by atoms with Gasteiger partial charge in [-0.1, -0.05) is 30.3 Å². The molecule has 108 valence electrons. The quantitative estimate of drug-likeness (QED) is 0.766. The zero-order valence-electron chi connectivity index (χ0n) is 11.0. The molecule has 0 saturated carbocycles. The minimum Gasteiger partial charge on any atom is -0.434 e. The number of fused-ring (bicyclic) bond motifs is 1. The number of alkyl halides is 2. The molecule has 0 radical (unpaired) electrons. The van der Waals surface area contributed by atoms with E-state index in [0.717, 1.165) is 10.9 Å². The summed E-state index contributed by atoms with van der Waals surface area (Å²) >= 11 is 0. The van der Waals surface area contributed by atoms with E-state index in [1.54, 1.807) is 36.5 Å². The zero-order valence-corrected chi connectivity index (χ0v) is 11.0. The molecule has 0 fully saturated rings. The number of H-pyrrole nitrogens is 1. The van der Waals surface area contributed by atoms with Gasteiger partial charge >= 0.3 is 6.61 Å². The maximum absolute atomic E-state index is 12.5. The molecule has 0 bridgehead atoms. The van der Waals surface area contributed by atoms with E-state index < -0.39 is 12.7 Å². The highest BCUT2D eigenvalue weighted by molar-refractivity contribution is 5.83. The summed E-state index contributed by atoms with van der Waals surface area (Å²) < 4.78 is 29.4. The minimum absolute atomic E-state index is 0.0208. The Labute approximate surface area is 119 Å². The molecule has 5 heteroatoms. The van der Waals surface area contributed by atoms with Crippen LogP contribution in [0.5, 0.6) is 5.75 Å². The van der Waals surface area contributed by atoms with Gasteiger partial charge in [-0.3, -0.25) is 0 Å². The lowest BCUT2D eigenvalue weighted by Crippen LogP contribution is -2.08. The van der Waals surface area contributed by atoms with Gasteiger partial charge in [0.2, 0.25) is 0 Å². The van der Waals surface area contributed by atoms with Gasteiger partial charge in [0.1, 0.15) is 11.9 Å². The van der Waals surface area contributed by atoms with E-state index in [-0.39, 0.29) is 5.75 Å². The topological polar surface area (TPSA) is 45.2 Å². The van der Waals surface area contributed by atoms with E-state index in [4.69, 9.17) is 0 Å². The van der Waals surface area contributed by atoms with E-state index in [2.05, 4.69) is 9.72 Å². The van der Waals surface area contributed by atoms with Gasteiger partial charge < -0.3 is 14.8 Å². The largest absolute Gasteiger partial charge is 0.434 e. The monoisotopic (exact) mass is 289 g/mol. The zero-order chi connectivity index (χ0) is 14.8. The van der Waals surface area contributed by atoms with Crippen molar-refractivity contribution in [2.45, 2.75) is 12.7 Å². The summed E-state index contributed by atoms with van der Waals surface area (Å²) in [5, 5.41) is 11.4. The van der Waals surface area contributed by atoms with Crippen LogP contribution in [0.4, 0.5) is 8.78 Å². The van der Waals surface area contributed by atoms with Crippen molar-refractivity contribution in [1.82, 2.24) is 4.98 Å². The number of aromatic nitrogens is 1. The molecule has 0 aliphatic rings. The van der Waals surface area contributed by atoms with Crippen molar-refractivity contribution in [1.29, 1.82) is 0 Å². The van der Waals surface area contributed by atoms with Gasteiger partial charge in [-0.05, 0) is 23.8 Å². The van der Waals surface area contributed by atoms with Crippen LogP contribution in [0.15, 0.2) is 54.7 Å². The smallest absolute Gasteiger partial charge is 0.387 e. The Morgan fingerprint density at radius 2 is 1.71 bits per heavy atom. The molecule has 0 spiro atoms. The molecule has 1 atom stereocenters. The first-order valence-electron chi connectivity index (χ1n) is 6.44. The molecule has 3 nitrogen and oxygen atoms in total. The number of benzene rings is 2. The Kier molecular flexibility index (Phi) is 3.58. The van der Waals surface area contributed by atoms with Gasteiger partial charge in [0.05, 0.1) is 0 Å². The highest BCUT2D eigenvalue weighted by Gasteiger charge is 2.19. The maximum atomic E-state index is 12.5. The number of rotatable bonds is 4. The van der Waals surface area contributed by atoms with E-state index in [1.165, 1.54) is 6.07 Å². The van der Waals surface area contributed by atoms with Gasteiger partial charge in [-0.25, -0.2) is 0 Å². The second kappa shape index (κ2) is 5.54. The molecule has 21 heavy (non-hydrogen) atoms. The number of halogens is 2. The second-order valence-electron chi connectivity index (χ2n) is 4.61. The van der Waals surface area contributed by atoms with Gasteiger partial charge in [0, 0.05) is 22.7 Å². The molecule has 3 rings (SSSR count).